The minimum Gasteiger partial charge on any atom is -0.475 e. The van der Waals surface area contributed by atoms with Crippen molar-refractivity contribution in [1.29, 1.82) is 0 Å². The average Bonchev–Trinajstić information content (AvgIpc) is 2.77. The van der Waals surface area contributed by atoms with E-state index in [4.69, 9.17) is 9.52 Å². The zero-order valence-corrected chi connectivity index (χ0v) is 14.5. The summed E-state index contributed by atoms with van der Waals surface area (Å²) in [5.41, 5.74) is 1.22. The van der Waals surface area contributed by atoms with Crippen LogP contribution in [0.4, 0.5) is 5.69 Å². The molecule has 0 amide bonds. The van der Waals surface area contributed by atoms with Gasteiger partial charge in [-0.15, -0.1) is 0 Å². The quantitative estimate of drug-likeness (QED) is 0.759. The minimum atomic E-state index is -3.96. The van der Waals surface area contributed by atoms with Crippen LogP contribution in [0, 0.1) is 6.92 Å². The highest BCUT2D eigenvalue weighted by Gasteiger charge is 2.25. The normalized spacial score (nSPS) is 11.4. The van der Waals surface area contributed by atoms with Crippen LogP contribution in [-0.4, -0.2) is 19.5 Å². The summed E-state index contributed by atoms with van der Waals surface area (Å²) in [6, 6.07) is 5.88. The molecule has 0 saturated heterocycles. The van der Waals surface area contributed by atoms with E-state index in [9.17, 15) is 13.2 Å². The molecule has 0 aliphatic rings. The summed E-state index contributed by atoms with van der Waals surface area (Å²) < 4.78 is 32.4. The van der Waals surface area contributed by atoms with E-state index in [1.807, 2.05) is 6.92 Å². The molecule has 0 radical (unpaired) electrons. The van der Waals surface area contributed by atoms with Crippen LogP contribution in [0.1, 0.15) is 16.1 Å². The Labute approximate surface area is 137 Å². The topological polar surface area (TPSA) is 96.6 Å². The van der Waals surface area contributed by atoms with E-state index in [1.54, 1.807) is 18.2 Å². The number of hydrogen-bond acceptors (Lipinski definition) is 4. The Morgan fingerprint density at radius 3 is 2.48 bits per heavy atom. The lowest BCUT2D eigenvalue weighted by Gasteiger charge is -2.08. The highest BCUT2D eigenvalue weighted by molar-refractivity contribution is 9.10. The molecule has 1 heterocycles. The van der Waals surface area contributed by atoms with Crippen LogP contribution in [0.5, 0.6) is 0 Å². The van der Waals surface area contributed by atoms with E-state index in [2.05, 4.69) is 36.6 Å². The third-order valence-electron chi connectivity index (χ3n) is 2.57. The molecule has 112 valence electrons. The summed E-state index contributed by atoms with van der Waals surface area (Å²) in [4.78, 5) is 10.5. The summed E-state index contributed by atoms with van der Waals surface area (Å²) in [5.74, 6) is -1.81. The number of carboxylic acid groups (broad SMARTS) is 1. The standard InChI is InChI=1S/C12H9Br2NO5S/c1-6-4-7(2-3-8(6)13)15-21(18,19)10-5-9(12(16)17)20-11(10)14/h2-5,15H,1H3,(H,16,17). The van der Waals surface area contributed by atoms with Crippen molar-refractivity contribution < 1.29 is 22.7 Å². The maximum Gasteiger partial charge on any atom is 0.371 e. The lowest BCUT2D eigenvalue weighted by atomic mass is 10.2. The van der Waals surface area contributed by atoms with E-state index >= 15 is 0 Å². The Morgan fingerprint density at radius 1 is 1.29 bits per heavy atom. The van der Waals surface area contributed by atoms with Gasteiger partial charge in [-0.2, -0.15) is 0 Å². The Morgan fingerprint density at radius 2 is 1.95 bits per heavy atom. The van der Waals surface area contributed by atoms with Gasteiger partial charge in [0.15, 0.2) is 4.67 Å². The molecule has 0 aliphatic heterocycles. The number of rotatable bonds is 4. The number of aryl methyl sites for hydroxylation is 1. The number of anilines is 1. The minimum absolute atomic E-state index is 0.166. The fraction of sp³-hybridized carbons (Fsp3) is 0.0833. The van der Waals surface area contributed by atoms with E-state index in [-0.39, 0.29) is 9.56 Å². The molecule has 9 heteroatoms. The van der Waals surface area contributed by atoms with Crippen molar-refractivity contribution in [3.05, 3.63) is 44.7 Å². The van der Waals surface area contributed by atoms with Crippen LogP contribution in [0.25, 0.3) is 0 Å². The van der Waals surface area contributed by atoms with Gasteiger partial charge in [-0.25, -0.2) is 13.2 Å². The number of nitrogens with one attached hydrogen (secondary N) is 1. The molecule has 0 saturated carbocycles. The predicted octanol–water partition coefficient (Wildman–Crippen LogP) is 3.61. The number of halogens is 2. The molecule has 0 atom stereocenters. The van der Waals surface area contributed by atoms with Crippen molar-refractivity contribution in [2.24, 2.45) is 0 Å². The molecule has 0 spiro atoms. The number of furan rings is 1. The van der Waals surface area contributed by atoms with E-state index in [1.165, 1.54) is 0 Å². The van der Waals surface area contributed by atoms with Gasteiger partial charge >= 0.3 is 5.97 Å². The predicted molar refractivity (Wildman–Crippen MR) is 83.1 cm³/mol. The molecule has 1 aromatic carbocycles. The fourth-order valence-corrected chi connectivity index (χ4v) is 3.80. The average molecular weight is 439 g/mol. The molecule has 6 nitrogen and oxygen atoms in total. The molecular weight excluding hydrogens is 430 g/mol. The first-order chi connectivity index (χ1) is 9.70. The fourth-order valence-electron chi connectivity index (χ4n) is 1.56. The Bertz CT molecular complexity index is 813. The second-order valence-electron chi connectivity index (χ2n) is 4.12. The summed E-state index contributed by atoms with van der Waals surface area (Å²) >= 11 is 6.22. The van der Waals surface area contributed by atoms with Gasteiger partial charge in [-0.3, -0.25) is 4.72 Å². The van der Waals surface area contributed by atoms with Crippen molar-refractivity contribution in [2.45, 2.75) is 11.8 Å². The molecule has 2 rings (SSSR count). The molecule has 0 aliphatic carbocycles. The number of carboxylic acids is 1. The van der Waals surface area contributed by atoms with Crippen molar-refractivity contribution >= 4 is 53.5 Å². The highest BCUT2D eigenvalue weighted by atomic mass is 79.9. The monoisotopic (exact) mass is 437 g/mol. The van der Waals surface area contributed by atoms with Gasteiger partial charge in [-0.1, -0.05) is 15.9 Å². The summed E-state index contributed by atoms with van der Waals surface area (Å²) in [6.07, 6.45) is 0. The zero-order valence-electron chi connectivity index (χ0n) is 10.6. The van der Waals surface area contributed by atoms with Crippen LogP contribution >= 0.6 is 31.9 Å². The molecular formula is C12H9Br2NO5S. The third kappa shape index (κ3) is 3.47. The molecule has 0 bridgehead atoms. The van der Waals surface area contributed by atoms with Crippen LogP contribution in [0.15, 0.2) is 42.7 Å². The van der Waals surface area contributed by atoms with Crippen LogP contribution in [0.2, 0.25) is 0 Å². The molecule has 1 aromatic heterocycles. The molecule has 2 aromatic rings. The van der Waals surface area contributed by atoms with Crippen LogP contribution in [-0.2, 0) is 10.0 Å². The number of benzene rings is 1. The second-order valence-corrected chi connectivity index (χ2v) is 7.35. The zero-order chi connectivity index (χ0) is 15.8. The van der Waals surface area contributed by atoms with Crippen molar-refractivity contribution in [3.63, 3.8) is 0 Å². The lowest BCUT2D eigenvalue weighted by Crippen LogP contribution is -2.12. The van der Waals surface area contributed by atoms with E-state index in [0.717, 1.165) is 16.1 Å². The maximum atomic E-state index is 12.2. The van der Waals surface area contributed by atoms with Gasteiger partial charge in [0.1, 0.15) is 4.90 Å². The largest absolute Gasteiger partial charge is 0.475 e. The van der Waals surface area contributed by atoms with Crippen LogP contribution in [0.3, 0.4) is 0 Å². The second kappa shape index (κ2) is 5.82. The molecule has 0 unspecified atom stereocenters. The van der Waals surface area contributed by atoms with E-state index < -0.39 is 21.8 Å². The van der Waals surface area contributed by atoms with Gasteiger partial charge < -0.3 is 9.52 Å². The molecule has 21 heavy (non-hydrogen) atoms. The SMILES string of the molecule is Cc1cc(NS(=O)(=O)c2cc(C(=O)O)oc2Br)ccc1Br. The summed E-state index contributed by atoms with van der Waals surface area (Å²) in [5, 5.41) is 8.81. The Hall–Kier alpha value is -1.32. The first-order valence-electron chi connectivity index (χ1n) is 5.52. The van der Waals surface area contributed by atoms with Gasteiger partial charge in [0.2, 0.25) is 5.76 Å². The van der Waals surface area contributed by atoms with Gasteiger partial charge in [0, 0.05) is 16.2 Å². The first-order valence-corrected chi connectivity index (χ1v) is 8.59. The van der Waals surface area contributed by atoms with Gasteiger partial charge in [-0.05, 0) is 46.6 Å². The number of aromatic carboxylic acids is 1. The highest BCUT2D eigenvalue weighted by Crippen LogP contribution is 2.29. The summed E-state index contributed by atoms with van der Waals surface area (Å²) in [6.45, 7) is 1.82. The molecule has 0 fully saturated rings. The first kappa shape index (κ1) is 16.1. The Balaban J connectivity index is 2.38. The molecule has 2 N–H and O–H groups in total. The summed E-state index contributed by atoms with van der Waals surface area (Å²) in [7, 11) is -3.96. The van der Waals surface area contributed by atoms with Gasteiger partial charge in [0.25, 0.3) is 10.0 Å². The van der Waals surface area contributed by atoms with Crippen LogP contribution < -0.4 is 4.72 Å². The lowest BCUT2D eigenvalue weighted by molar-refractivity contribution is 0.0661. The number of sulfonamides is 1. The third-order valence-corrected chi connectivity index (χ3v) is 5.69. The number of carbonyl (C=O) groups is 1. The van der Waals surface area contributed by atoms with Crippen molar-refractivity contribution in [2.75, 3.05) is 4.72 Å². The smallest absolute Gasteiger partial charge is 0.371 e. The number of hydrogen-bond donors (Lipinski definition) is 2. The van der Waals surface area contributed by atoms with Gasteiger partial charge in [0.05, 0.1) is 0 Å². The van der Waals surface area contributed by atoms with Crippen molar-refractivity contribution in [3.8, 4) is 0 Å². The van der Waals surface area contributed by atoms with E-state index in [0.29, 0.717) is 5.69 Å². The Kier molecular flexibility index (Phi) is 4.45. The van der Waals surface area contributed by atoms with Crippen molar-refractivity contribution in [1.82, 2.24) is 0 Å². The maximum absolute atomic E-state index is 12.2.